The Kier molecular flexibility index (Phi) is 4.35. The maximum atomic E-state index is 11.0. The molecule has 0 radical (unpaired) electrons. The molecule has 0 saturated carbocycles. The summed E-state index contributed by atoms with van der Waals surface area (Å²) < 4.78 is 4.61. The molecule has 1 rings (SSSR count). The molecule has 0 atom stereocenters. The first-order valence-corrected chi connectivity index (χ1v) is 5.32. The Morgan fingerprint density at radius 3 is 2.73 bits per heavy atom. The summed E-state index contributed by atoms with van der Waals surface area (Å²) in [4.78, 5) is 11.0. The van der Waals surface area contributed by atoms with E-state index in [1.54, 1.807) is 0 Å². The van der Waals surface area contributed by atoms with E-state index in [0.29, 0.717) is 6.42 Å². The third kappa shape index (κ3) is 3.39. The Morgan fingerprint density at radius 2 is 2.13 bits per heavy atom. The van der Waals surface area contributed by atoms with Crippen molar-refractivity contribution in [3.63, 3.8) is 0 Å². The number of hydrogen-bond acceptors (Lipinski definition) is 2. The number of aryl methyl sites for hydroxylation is 3. The van der Waals surface area contributed by atoms with Crippen LogP contribution in [0, 0.1) is 6.92 Å². The summed E-state index contributed by atoms with van der Waals surface area (Å²) in [5, 5.41) is 0. The topological polar surface area (TPSA) is 26.3 Å². The van der Waals surface area contributed by atoms with Crippen LogP contribution in [0.2, 0.25) is 0 Å². The van der Waals surface area contributed by atoms with Gasteiger partial charge in [-0.25, -0.2) is 0 Å². The van der Waals surface area contributed by atoms with Gasteiger partial charge in [-0.05, 0) is 36.5 Å². The van der Waals surface area contributed by atoms with Crippen LogP contribution in [-0.2, 0) is 22.4 Å². The SMILES string of the molecule is CCc1cc(CCC(=O)OC)ccc1C. The fourth-order valence-electron chi connectivity index (χ4n) is 1.61. The average Bonchev–Trinajstić information content (AvgIpc) is 2.27. The van der Waals surface area contributed by atoms with Crippen LogP contribution in [0.1, 0.15) is 30.0 Å². The van der Waals surface area contributed by atoms with Gasteiger partial charge in [0.25, 0.3) is 0 Å². The zero-order valence-corrected chi connectivity index (χ0v) is 9.67. The van der Waals surface area contributed by atoms with Crippen molar-refractivity contribution in [2.24, 2.45) is 0 Å². The fourth-order valence-corrected chi connectivity index (χ4v) is 1.61. The summed E-state index contributed by atoms with van der Waals surface area (Å²) in [5.41, 5.74) is 3.89. The molecule has 0 aliphatic carbocycles. The van der Waals surface area contributed by atoms with Gasteiger partial charge in [0.15, 0.2) is 0 Å². The van der Waals surface area contributed by atoms with Gasteiger partial charge in [-0.3, -0.25) is 4.79 Å². The van der Waals surface area contributed by atoms with Crippen LogP contribution in [-0.4, -0.2) is 13.1 Å². The van der Waals surface area contributed by atoms with Crippen molar-refractivity contribution >= 4 is 5.97 Å². The minimum Gasteiger partial charge on any atom is -0.469 e. The number of carbonyl (C=O) groups excluding carboxylic acids is 1. The maximum Gasteiger partial charge on any atom is 0.305 e. The van der Waals surface area contributed by atoms with Crippen LogP contribution in [0.5, 0.6) is 0 Å². The first-order chi connectivity index (χ1) is 7.17. The molecule has 15 heavy (non-hydrogen) atoms. The van der Waals surface area contributed by atoms with E-state index in [1.807, 2.05) is 0 Å². The molecule has 1 aromatic carbocycles. The zero-order chi connectivity index (χ0) is 11.3. The molecule has 0 saturated heterocycles. The highest BCUT2D eigenvalue weighted by Gasteiger charge is 2.03. The van der Waals surface area contributed by atoms with Crippen LogP contribution >= 0.6 is 0 Å². The zero-order valence-electron chi connectivity index (χ0n) is 9.67. The predicted molar refractivity (Wildman–Crippen MR) is 60.9 cm³/mol. The Bertz CT molecular complexity index is 342. The van der Waals surface area contributed by atoms with Crippen LogP contribution in [0.3, 0.4) is 0 Å². The van der Waals surface area contributed by atoms with E-state index < -0.39 is 0 Å². The largest absolute Gasteiger partial charge is 0.469 e. The van der Waals surface area contributed by atoms with Crippen molar-refractivity contribution in [3.05, 3.63) is 34.9 Å². The van der Waals surface area contributed by atoms with Crippen molar-refractivity contribution in [2.75, 3.05) is 7.11 Å². The van der Waals surface area contributed by atoms with Crippen LogP contribution < -0.4 is 0 Å². The molecule has 0 amide bonds. The summed E-state index contributed by atoms with van der Waals surface area (Å²) in [6.07, 6.45) is 2.26. The van der Waals surface area contributed by atoms with E-state index in [1.165, 1.54) is 23.8 Å². The highest BCUT2D eigenvalue weighted by Crippen LogP contribution is 2.13. The Morgan fingerprint density at radius 1 is 1.40 bits per heavy atom. The van der Waals surface area contributed by atoms with Gasteiger partial charge in [0.1, 0.15) is 0 Å². The molecule has 0 aliphatic rings. The predicted octanol–water partition coefficient (Wildman–Crippen LogP) is 2.66. The molecule has 82 valence electrons. The van der Waals surface area contributed by atoms with Gasteiger partial charge < -0.3 is 4.74 Å². The van der Waals surface area contributed by atoms with Crippen LogP contribution in [0.15, 0.2) is 18.2 Å². The van der Waals surface area contributed by atoms with E-state index in [2.05, 4.69) is 36.8 Å². The first kappa shape index (κ1) is 11.8. The quantitative estimate of drug-likeness (QED) is 0.708. The number of rotatable bonds is 4. The van der Waals surface area contributed by atoms with Crippen molar-refractivity contribution < 1.29 is 9.53 Å². The van der Waals surface area contributed by atoms with E-state index in [0.717, 1.165) is 12.8 Å². The second kappa shape index (κ2) is 5.54. The normalized spacial score (nSPS) is 10.1. The van der Waals surface area contributed by atoms with Crippen molar-refractivity contribution in [1.82, 2.24) is 0 Å². The fraction of sp³-hybridized carbons (Fsp3) is 0.462. The van der Waals surface area contributed by atoms with Crippen LogP contribution in [0.25, 0.3) is 0 Å². The Balaban J connectivity index is 2.66. The molecule has 0 fully saturated rings. The van der Waals surface area contributed by atoms with Gasteiger partial charge in [0.2, 0.25) is 0 Å². The summed E-state index contributed by atoms with van der Waals surface area (Å²) in [5.74, 6) is -0.145. The van der Waals surface area contributed by atoms with Crippen molar-refractivity contribution in [3.8, 4) is 0 Å². The van der Waals surface area contributed by atoms with Gasteiger partial charge in [-0.1, -0.05) is 25.1 Å². The minimum absolute atomic E-state index is 0.145. The lowest BCUT2D eigenvalue weighted by atomic mass is 10.0. The number of ether oxygens (including phenoxy) is 1. The molecule has 0 unspecified atom stereocenters. The number of esters is 1. The summed E-state index contributed by atoms with van der Waals surface area (Å²) >= 11 is 0. The molecule has 0 heterocycles. The maximum absolute atomic E-state index is 11.0. The van der Waals surface area contributed by atoms with Crippen molar-refractivity contribution in [2.45, 2.75) is 33.1 Å². The minimum atomic E-state index is -0.145. The summed E-state index contributed by atoms with van der Waals surface area (Å²) in [6.45, 7) is 4.26. The highest BCUT2D eigenvalue weighted by molar-refractivity contribution is 5.69. The smallest absolute Gasteiger partial charge is 0.305 e. The number of methoxy groups -OCH3 is 1. The van der Waals surface area contributed by atoms with Crippen LogP contribution in [0.4, 0.5) is 0 Å². The number of carbonyl (C=O) groups is 1. The third-order valence-corrected chi connectivity index (χ3v) is 2.64. The van der Waals surface area contributed by atoms with E-state index in [9.17, 15) is 4.79 Å². The highest BCUT2D eigenvalue weighted by atomic mass is 16.5. The van der Waals surface area contributed by atoms with E-state index in [-0.39, 0.29) is 5.97 Å². The molecule has 0 N–H and O–H groups in total. The van der Waals surface area contributed by atoms with Gasteiger partial charge in [-0.2, -0.15) is 0 Å². The summed E-state index contributed by atoms with van der Waals surface area (Å²) in [6, 6.07) is 6.38. The lowest BCUT2D eigenvalue weighted by Crippen LogP contribution is -2.02. The molecule has 1 aromatic rings. The summed E-state index contributed by atoms with van der Waals surface area (Å²) in [7, 11) is 1.43. The molecular weight excluding hydrogens is 188 g/mol. The van der Waals surface area contributed by atoms with Gasteiger partial charge >= 0.3 is 5.97 Å². The molecule has 0 aliphatic heterocycles. The number of benzene rings is 1. The molecule has 2 nitrogen and oxygen atoms in total. The first-order valence-electron chi connectivity index (χ1n) is 5.32. The monoisotopic (exact) mass is 206 g/mol. The lowest BCUT2D eigenvalue weighted by molar-refractivity contribution is -0.140. The second-order valence-corrected chi connectivity index (χ2v) is 3.69. The standard InChI is InChI=1S/C13H18O2/c1-4-12-9-11(6-5-10(12)2)7-8-13(14)15-3/h5-6,9H,4,7-8H2,1-3H3. The van der Waals surface area contributed by atoms with Crippen molar-refractivity contribution in [1.29, 1.82) is 0 Å². The van der Waals surface area contributed by atoms with E-state index in [4.69, 9.17) is 0 Å². The van der Waals surface area contributed by atoms with E-state index >= 15 is 0 Å². The Hall–Kier alpha value is -1.31. The molecule has 0 aromatic heterocycles. The average molecular weight is 206 g/mol. The van der Waals surface area contributed by atoms with Gasteiger partial charge in [-0.15, -0.1) is 0 Å². The lowest BCUT2D eigenvalue weighted by Gasteiger charge is -2.06. The van der Waals surface area contributed by atoms with Gasteiger partial charge in [0, 0.05) is 6.42 Å². The number of hydrogen-bond donors (Lipinski definition) is 0. The molecular formula is C13H18O2. The molecule has 2 heteroatoms. The van der Waals surface area contributed by atoms with Gasteiger partial charge in [0.05, 0.1) is 7.11 Å². The third-order valence-electron chi connectivity index (χ3n) is 2.64. The second-order valence-electron chi connectivity index (χ2n) is 3.69. The molecule has 0 spiro atoms. The Labute approximate surface area is 91.3 Å². The molecule has 0 bridgehead atoms.